The number of hydrogen-bond donors (Lipinski definition) is 0. The topological polar surface area (TPSA) is 18.5 Å². The van der Waals surface area contributed by atoms with Gasteiger partial charge < -0.3 is 0 Å². The highest BCUT2D eigenvalue weighted by atomic mass is 19.4. The summed E-state index contributed by atoms with van der Waals surface area (Å²) < 4.78 is 146. The van der Waals surface area contributed by atoms with Gasteiger partial charge in [0.1, 0.15) is 0 Å². The van der Waals surface area contributed by atoms with Crippen LogP contribution in [0.3, 0.4) is 0 Å². The second-order valence-electron chi connectivity index (χ2n) is 2.97. The zero-order chi connectivity index (χ0) is 16.6. The van der Waals surface area contributed by atoms with Crippen molar-refractivity contribution in [1.29, 1.82) is 0 Å². The average Bonchev–Trinajstić information content (AvgIpc) is 2.12. The van der Waals surface area contributed by atoms with Gasteiger partial charge in [0.15, 0.2) is 0 Å². The van der Waals surface area contributed by atoms with Crippen molar-refractivity contribution in [2.24, 2.45) is 0 Å². The normalized spacial score (nSPS) is 16.6. The van der Waals surface area contributed by atoms with E-state index in [0.717, 1.165) is 0 Å². The van der Waals surface area contributed by atoms with Gasteiger partial charge >= 0.3 is 30.9 Å². The molecular weight excluding hydrogens is 332 g/mol. The summed E-state index contributed by atoms with van der Waals surface area (Å²) in [7, 11) is 0. The summed E-state index contributed by atoms with van der Waals surface area (Å²) >= 11 is 0. The molecule has 0 rings (SSSR count). The van der Waals surface area contributed by atoms with Gasteiger partial charge in [-0.05, 0) is 0 Å². The van der Waals surface area contributed by atoms with Crippen molar-refractivity contribution >= 4 is 0 Å². The first kappa shape index (κ1) is 19.1. The summed E-state index contributed by atoms with van der Waals surface area (Å²) in [5.74, 6) is 0. The maximum Gasteiger partial charge on any atom is 0.483 e. The Balaban J connectivity index is 4.97. The van der Waals surface area contributed by atoms with E-state index in [9.17, 15) is 52.7 Å². The van der Waals surface area contributed by atoms with Crippen molar-refractivity contribution in [3.05, 3.63) is 0 Å². The van der Waals surface area contributed by atoms with Crippen LogP contribution in [-0.4, -0.2) is 37.3 Å². The standard InChI is InChI=1S/C6H2F12O2/c7-1(8)3(10,11)20-4(12,13)2(9)19-6(17,18)5(14,15)16/h1-2H. The molecule has 1 unspecified atom stereocenters. The molecule has 0 heterocycles. The molecule has 0 N–H and O–H groups in total. The molecule has 122 valence electrons. The highest BCUT2D eigenvalue weighted by molar-refractivity contribution is 4.70. The third-order valence-electron chi connectivity index (χ3n) is 1.37. The first-order valence-electron chi connectivity index (χ1n) is 4.03. The van der Waals surface area contributed by atoms with Gasteiger partial charge in [-0.15, -0.1) is 0 Å². The lowest BCUT2D eigenvalue weighted by atomic mass is 10.5. The SMILES string of the molecule is FC(F)C(F)(F)OC(F)(F)C(F)OC(F)(F)C(F)(F)F. The quantitative estimate of drug-likeness (QED) is 0.686. The van der Waals surface area contributed by atoms with Crippen molar-refractivity contribution in [2.75, 3.05) is 0 Å². The lowest BCUT2D eigenvalue weighted by Crippen LogP contribution is -2.50. The van der Waals surface area contributed by atoms with Gasteiger partial charge in [-0.1, -0.05) is 0 Å². The van der Waals surface area contributed by atoms with Crippen molar-refractivity contribution < 1.29 is 62.2 Å². The minimum Gasteiger partial charge on any atom is -0.270 e. The Morgan fingerprint density at radius 3 is 1.35 bits per heavy atom. The molecule has 0 aliphatic rings. The average molecular weight is 334 g/mol. The molecule has 14 heteroatoms. The van der Waals surface area contributed by atoms with Crippen LogP contribution >= 0.6 is 0 Å². The van der Waals surface area contributed by atoms with Crippen molar-refractivity contribution in [3.63, 3.8) is 0 Å². The fourth-order valence-corrected chi connectivity index (χ4v) is 0.538. The van der Waals surface area contributed by atoms with E-state index in [2.05, 4.69) is 0 Å². The van der Waals surface area contributed by atoms with E-state index < -0.39 is 37.3 Å². The van der Waals surface area contributed by atoms with Crippen LogP contribution in [0, 0.1) is 0 Å². The Morgan fingerprint density at radius 2 is 1.05 bits per heavy atom. The first-order valence-corrected chi connectivity index (χ1v) is 4.03. The van der Waals surface area contributed by atoms with E-state index in [1.807, 2.05) is 9.47 Å². The summed E-state index contributed by atoms with van der Waals surface area (Å²) in [6.45, 7) is 0. The molecule has 0 aliphatic heterocycles. The number of alkyl halides is 12. The van der Waals surface area contributed by atoms with Crippen LogP contribution in [0.25, 0.3) is 0 Å². The molecule has 0 fully saturated rings. The zero-order valence-corrected chi connectivity index (χ0v) is 8.51. The van der Waals surface area contributed by atoms with Crippen LogP contribution in [0.4, 0.5) is 52.7 Å². The Kier molecular flexibility index (Phi) is 5.21. The van der Waals surface area contributed by atoms with Crippen LogP contribution in [0.1, 0.15) is 0 Å². The lowest BCUT2D eigenvalue weighted by molar-refractivity contribution is -0.481. The van der Waals surface area contributed by atoms with Crippen LogP contribution in [0.15, 0.2) is 0 Å². The maximum absolute atomic E-state index is 12.4. The smallest absolute Gasteiger partial charge is 0.270 e. The van der Waals surface area contributed by atoms with E-state index in [0.29, 0.717) is 0 Å². The maximum atomic E-state index is 12.4. The molecule has 0 aliphatic carbocycles. The molecule has 0 spiro atoms. The van der Waals surface area contributed by atoms with Crippen LogP contribution in [0.5, 0.6) is 0 Å². The minimum absolute atomic E-state index is 1.89. The van der Waals surface area contributed by atoms with Crippen LogP contribution in [0.2, 0.25) is 0 Å². The first-order chi connectivity index (χ1) is 8.53. The molecule has 0 aromatic rings. The van der Waals surface area contributed by atoms with Crippen LogP contribution < -0.4 is 0 Å². The number of ether oxygens (including phenoxy) is 2. The monoisotopic (exact) mass is 334 g/mol. The van der Waals surface area contributed by atoms with E-state index in [4.69, 9.17) is 0 Å². The number of halogens is 12. The molecule has 0 amide bonds. The molecule has 0 radical (unpaired) electrons. The van der Waals surface area contributed by atoms with Gasteiger partial charge in [0.25, 0.3) is 6.36 Å². The summed E-state index contributed by atoms with van der Waals surface area (Å²) in [6, 6.07) is 0. The highest BCUT2D eigenvalue weighted by Crippen LogP contribution is 2.42. The Hall–Kier alpha value is -0.920. The largest absolute Gasteiger partial charge is 0.483 e. The number of hydrogen-bond acceptors (Lipinski definition) is 2. The van der Waals surface area contributed by atoms with Gasteiger partial charge in [0.05, 0.1) is 0 Å². The lowest BCUT2D eigenvalue weighted by Gasteiger charge is -2.28. The molecular formula is C6H2F12O2. The third-order valence-corrected chi connectivity index (χ3v) is 1.37. The Labute approximate surface area is 101 Å². The van der Waals surface area contributed by atoms with Gasteiger partial charge in [-0.3, -0.25) is 4.74 Å². The summed E-state index contributed by atoms with van der Waals surface area (Å²) in [5, 5.41) is 0. The molecule has 2 nitrogen and oxygen atoms in total. The fraction of sp³-hybridized carbons (Fsp3) is 1.00. The molecule has 0 bridgehead atoms. The second kappa shape index (κ2) is 5.46. The predicted molar refractivity (Wildman–Crippen MR) is 34.0 cm³/mol. The summed E-state index contributed by atoms with van der Waals surface area (Å²) in [5.41, 5.74) is 0. The van der Waals surface area contributed by atoms with E-state index >= 15 is 0 Å². The molecule has 0 saturated carbocycles. The van der Waals surface area contributed by atoms with Crippen molar-refractivity contribution in [2.45, 2.75) is 37.3 Å². The number of rotatable bonds is 6. The second-order valence-corrected chi connectivity index (χ2v) is 2.97. The van der Waals surface area contributed by atoms with E-state index in [1.54, 1.807) is 0 Å². The van der Waals surface area contributed by atoms with E-state index in [1.165, 1.54) is 0 Å². The summed E-state index contributed by atoms with van der Waals surface area (Å²) in [4.78, 5) is 0. The molecule has 0 aromatic heterocycles. The van der Waals surface area contributed by atoms with Crippen LogP contribution in [-0.2, 0) is 9.47 Å². The van der Waals surface area contributed by atoms with Gasteiger partial charge in [-0.25, -0.2) is 17.9 Å². The van der Waals surface area contributed by atoms with Crippen molar-refractivity contribution in [3.8, 4) is 0 Å². The van der Waals surface area contributed by atoms with Gasteiger partial charge in [-0.2, -0.15) is 39.5 Å². The van der Waals surface area contributed by atoms with Crippen molar-refractivity contribution in [1.82, 2.24) is 0 Å². The Morgan fingerprint density at radius 1 is 0.650 bits per heavy atom. The third kappa shape index (κ3) is 4.57. The van der Waals surface area contributed by atoms with Gasteiger partial charge in [0, 0.05) is 0 Å². The molecule has 20 heavy (non-hydrogen) atoms. The predicted octanol–water partition coefficient (Wildman–Crippen LogP) is 3.92. The van der Waals surface area contributed by atoms with E-state index in [-0.39, 0.29) is 0 Å². The molecule has 0 aromatic carbocycles. The Bertz CT molecular complexity index is 322. The molecule has 0 saturated heterocycles. The fourth-order valence-electron chi connectivity index (χ4n) is 0.538. The molecule has 1 atom stereocenters. The zero-order valence-electron chi connectivity index (χ0n) is 8.51. The highest BCUT2D eigenvalue weighted by Gasteiger charge is 2.65. The minimum atomic E-state index is -6.65. The van der Waals surface area contributed by atoms with Gasteiger partial charge in [0.2, 0.25) is 0 Å². The summed E-state index contributed by atoms with van der Waals surface area (Å²) in [6.07, 6.45) is -35.4.